The summed E-state index contributed by atoms with van der Waals surface area (Å²) in [7, 11) is 1.93. The molecular formula is C13H27NO. The van der Waals surface area contributed by atoms with Gasteiger partial charge in [0.05, 0.1) is 6.61 Å². The summed E-state index contributed by atoms with van der Waals surface area (Å²) in [5.74, 6) is 0.729. The highest BCUT2D eigenvalue weighted by Gasteiger charge is 2.05. The van der Waals surface area contributed by atoms with Gasteiger partial charge < -0.3 is 10.1 Å². The first-order valence-corrected chi connectivity index (χ1v) is 6.13. The molecule has 0 bridgehead atoms. The average molecular weight is 213 g/mol. The first kappa shape index (κ1) is 14.7. The summed E-state index contributed by atoms with van der Waals surface area (Å²) in [5, 5.41) is 3.07. The predicted octanol–water partition coefficient (Wildman–Crippen LogP) is 3.00. The zero-order valence-corrected chi connectivity index (χ0v) is 10.6. The highest BCUT2D eigenvalue weighted by molar-refractivity contribution is 4.96. The Hall–Kier alpha value is -0.340. The van der Waals surface area contributed by atoms with E-state index in [1.807, 2.05) is 7.05 Å². The Labute approximate surface area is 95.1 Å². The molecule has 15 heavy (non-hydrogen) atoms. The molecule has 0 aromatic heterocycles. The van der Waals surface area contributed by atoms with Gasteiger partial charge in [-0.3, -0.25) is 0 Å². The molecule has 1 N–H and O–H groups in total. The summed E-state index contributed by atoms with van der Waals surface area (Å²) in [5.41, 5.74) is 1.13. The molecule has 0 aliphatic heterocycles. The maximum atomic E-state index is 5.66. The number of ether oxygens (including phenoxy) is 1. The Morgan fingerprint density at radius 1 is 1.40 bits per heavy atom. The topological polar surface area (TPSA) is 21.3 Å². The highest BCUT2D eigenvalue weighted by Crippen LogP contribution is 2.12. The molecule has 0 aliphatic carbocycles. The van der Waals surface area contributed by atoms with E-state index in [0.29, 0.717) is 6.61 Å². The van der Waals surface area contributed by atoms with Gasteiger partial charge in [0.2, 0.25) is 0 Å². The monoisotopic (exact) mass is 213 g/mol. The Kier molecular flexibility index (Phi) is 9.96. The molecule has 0 fully saturated rings. The number of likely N-dealkylation sites (N-methyl/N-ethyl adjacent to an activating group) is 1. The first-order chi connectivity index (χ1) is 7.24. The number of nitrogens with one attached hydrogen (secondary N) is 1. The molecule has 0 aromatic carbocycles. The standard InChI is InChI=1S/C13H27NO/c1-5-7-8-13(6-2)11-15-10-12(3)9-14-4/h13-14H,3,5-11H2,1-2,4H3. The minimum Gasteiger partial charge on any atom is -0.377 e. The van der Waals surface area contributed by atoms with Gasteiger partial charge in [0, 0.05) is 13.2 Å². The van der Waals surface area contributed by atoms with Gasteiger partial charge in [-0.2, -0.15) is 0 Å². The third kappa shape index (κ3) is 8.64. The molecule has 0 amide bonds. The van der Waals surface area contributed by atoms with Crippen LogP contribution in [0.2, 0.25) is 0 Å². The van der Waals surface area contributed by atoms with E-state index in [2.05, 4.69) is 25.7 Å². The summed E-state index contributed by atoms with van der Waals surface area (Å²) in [6.45, 7) is 10.9. The zero-order valence-electron chi connectivity index (χ0n) is 10.6. The fraction of sp³-hybridized carbons (Fsp3) is 0.846. The van der Waals surface area contributed by atoms with Crippen molar-refractivity contribution < 1.29 is 4.74 Å². The van der Waals surface area contributed by atoms with Crippen LogP contribution in [0.1, 0.15) is 39.5 Å². The lowest BCUT2D eigenvalue weighted by Crippen LogP contribution is -2.16. The third-order valence-corrected chi connectivity index (χ3v) is 2.63. The largest absolute Gasteiger partial charge is 0.377 e. The summed E-state index contributed by atoms with van der Waals surface area (Å²) >= 11 is 0. The van der Waals surface area contributed by atoms with Crippen LogP contribution in [-0.4, -0.2) is 26.8 Å². The normalized spacial score (nSPS) is 12.7. The molecule has 0 rings (SSSR count). The van der Waals surface area contributed by atoms with Gasteiger partial charge in [0.25, 0.3) is 0 Å². The Balaban J connectivity index is 3.49. The van der Waals surface area contributed by atoms with Crippen LogP contribution < -0.4 is 5.32 Å². The maximum Gasteiger partial charge on any atom is 0.0686 e. The quantitative estimate of drug-likeness (QED) is 0.563. The lowest BCUT2D eigenvalue weighted by Gasteiger charge is -2.15. The molecule has 0 aromatic rings. The van der Waals surface area contributed by atoms with Gasteiger partial charge >= 0.3 is 0 Å². The molecule has 1 atom stereocenters. The van der Waals surface area contributed by atoms with Gasteiger partial charge in [0.1, 0.15) is 0 Å². The van der Waals surface area contributed by atoms with Crippen LogP contribution in [-0.2, 0) is 4.74 Å². The highest BCUT2D eigenvalue weighted by atomic mass is 16.5. The van der Waals surface area contributed by atoms with Crippen molar-refractivity contribution >= 4 is 0 Å². The lowest BCUT2D eigenvalue weighted by atomic mass is 10.0. The molecule has 90 valence electrons. The first-order valence-electron chi connectivity index (χ1n) is 6.13. The van der Waals surface area contributed by atoms with Crippen LogP contribution >= 0.6 is 0 Å². The summed E-state index contributed by atoms with van der Waals surface area (Å²) in [6, 6.07) is 0. The van der Waals surface area contributed by atoms with E-state index in [1.165, 1.54) is 25.7 Å². The van der Waals surface area contributed by atoms with Crippen molar-refractivity contribution in [2.24, 2.45) is 5.92 Å². The second kappa shape index (κ2) is 10.2. The van der Waals surface area contributed by atoms with Crippen molar-refractivity contribution in [3.63, 3.8) is 0 Å². The van der Waals surface area contributed by atoms with Crippen molar-refractivity contribution in [1.82, 2.24) is 5.32 Å². The molecular weight excluding hydrogens is 186 g/mol. The smallest absolute Gasteiger partial charge is 0.0686 e. The van der Waals surface area contributed by atoms with Crippen molar-refractivity contribution in [2.45, 2.75) is 39.5 Å². The van der Waals surface area contributed by atoms with E-state index in [1.54, 1.807) is 0 Å². The van der Waals surface area contributed by atoms with E-state index in [4.69, 9.17) is 4.74 Å². The van der Waals surface area contributed by atoms with Crippen LogP contribution in [0.4, 0.5) is 0 Å². The van der Waals surface area contributed by atoms with E-state index >= 15 is 0 Å². The van der Waals surface area contributed by atoms with Gasteiger partial charge in [0.15, 0.2) is 0 Å². The molecule has 0 heterocycles. The molecule has 0 spiro atoms. The van der Waals surface area contributed by atoms with Crippen LogP contribution in [0.3, 0.4) is 0 Å². The van der Waals surface area contributed by atoms with Crippen molar-refractivity contribution in [3.8, 4) is 0 Å². The van der Waals surface area contributed by atoms with Crippen LogP contribution in [0, 0.1) is 5.92 Å². The fourth-order valence-electron chi connectivity index (χ4n) is 1.57. The molecule has 2 nitrogen and oxygen atoms in total. The number of hydrogen-bond acceptors (Lipinski definition) is 2. The number of unbranched alkanes of at least 4 members (excludes halogenated alkanes) is 1. The molecule has 0 radical (unpaired) electrons. The van der Waals surface area contributed by atoms with E-state index in [0.717, 1.165) is 24.6 Å². The zero-order chi connectivity index (χ0) is 11.5. The van der Waals surface area contributed by atoms with Gasteiger partial charge in [-0.1, -0.05) is 39.7 Å². The van der Waals surface area contributed by atoms with Gasteiger partial charge in [-0.15, -0.1) is 0 Å². The molecule has 0 saturated carbocycles. The number of hydrogen-bond donors (Lipinski definition) is 1. The minimum absolute atomic E-state index is 0.698. The van der Waals surface area contributed by atoms with Gasteiger partial charge in [-0.05, 0) is 25.0 Å². The second-order valence-electron chi connectivity index (χ2n) is 4.21. The van der Waals surface area contributed by atoms with Crippen LogP contribution in [0.5, 0.6) is 0 Å². The SMILES string of the molecule is C=C(CNC)COCC(CC)CCCC. The predicted molar refractivity (Wildman–Crippen MR) is 67.2 cm³/mol. The average Bonchev–Trinajstić information content (AvgIpc) is 2.23. The lowest BCUT2D eigenvalue weighted by molar-refractivity contribution is 0.111. The second-order valence-corrected chi connectivity index (χ2v) is 4.21. The summed E-state index contributed by atoms with van der Waals surface area (Å²) < 4.78 is 5.66. The molecule has 2 heteroatoms. The van der Waals surface area contributed by atoms with E-state index in [9.17, 15) is 0 Å². The Morgan fingerprint density at radius 3 is 2.67 bits per heavy atom. The fourth-order valence-corrected chi connectivity index (χ4v) is 1.57. The summed E-state index contributed by atoms with van der Waals surface area (Å²) in [6.07, 6.45) is 5.12. The maximum absolute atomic E-state index is 5.66. The number of rotatable bonds is 10. The molecule has 1 unspecified atom stereocenters. The van der Waals surface area contributed by atoms with Crippen molar-refractivity contribution in [3.05, 3.63) is 12.2 Å². The van der Waals surface area contributed by atoms with Crippen molar-refractivity contribution in [1.29, 1.82) is 0 Å². The van der Waals surface area contributed by atoms with Crippen molar-refractivity contribution in [2.75, 3.05) is 26.8 Å². The molecule has 0 saturated heterocycles. The molecule has 0 aliphatic rings. The minimum atomic E-state index is 0.698. The van der Waals surface area contributed by atoms with Crippen LogP contribution in [0.15, 0.2) is 12.2 Å². The van der Waals surface area contributed by atoms with E-state index < -0.39 is 0 Å². The van der Waals surface area contributed by atoms with E-state index in [-0.39, 0.29) is 0 Å². The van der Waals surface area contributed by atoms with Crippen LogP contribution in [0.25, 0.3) is 0 Å². The third-order valence-electron chi connectivity index (χ3n) is 2.63. The Bertz CT molecular complexity index is 157. The Morgan fingerprint density at radius 2 is 2.13 bits per heavy atom. The summed E-state index contributed by atoms with van der Waals surface area (Å²) in [4.78, 5) is 0. The van der Waals surface area contributed by atoms with Gasteiger partial charge in [-0.25, -0.2) is 0 Å².